The highest BCUT2D eigenvalue weighted by Crippen LogP contribution is 2.46. The topological polar surface area (TPSA) is 113 Å². The van der Waals surface area contributed by atoms with Crippen molar-refractivity contribution in [2.24, 2.45) is 5.73 Å². The number of nitrogens with zero attached hydrogens (tertiary/aromatic N) is 1. The number of allylic oxidation sites excluding steroid dienone is 1. The molecule has 0 saturated carbocycles. The molecule has 0 aliphatic carbocycles. The molecule has 1 aliphatic rings. The second-order valence-corrected chi connectivity index (χ2v) is 8.00. The minimum Gasteiger partial charge on any atom is -0.497 e. The van der Waals surface area contributed by atoms with Crippen LogP contribution in [0.15, 0.2) is 72.1 Å². The van der Waals surface area contributed by atoms with Gasteiger partial charge in [-0.25, -0.2) is 4.79 Å². The Morgan fingerprint density at radius 3 is 2.53 bits per heavy atom. The van der Waals surface area contributed by atoms with E-state index in [1.54, 1.807) is 74.9 Å². The zero-order chi connectivity index (χ0) is 25.7. The first-order chi connectivity index (χ1) is 17.5. The van der Waals surface area contributed by atoms with Crippen molar-refractivity contribution in [1.29, 1.82) is 5.26 Å². The Balaban J connectivity index is 1.68. The molecule has 3 aromatic rings. The van der Waals surface area contributed by atoms with Crippen LogP contribution >= 0.6 is 0 Å². The van der Waals surface area contributed by atoms with Crippen LogP contribution < -0.4 is 29.4 Å². The number of carbonyl (C=O) groups excluding carboxylic acids is 1. The standard InChI is InChI=1S/C28H26N2O6/c1-4-12-34-19-7-5-6-17(13-19)28(31)35-20-8-10-21-25(15-20)36-27(30)23(16-29)26(21)22-14-18(32-2)9-11-24(22)33-3/h5-11,13-15,26H,4,12,30H2,1-3H3. The van der Waals surface area contributed by atoms with Crippen LogP contribution in [0.5, 0.6) is 28.7 Å². The maximum absolute atomic E-state index is 12.8. The van der Waals surface area contributed by atoms with Crippen molar-refractivity contribution in [2.75, 3.05) is 20.8 Å². The normalized spacial score (nSPS) is 14.2. The molecule has 0 aromatic heterocycles. The number of esters is 1. The third kappa shape index (κ3) is 4.91. The maximum Gasteiger partial charge on any atom is 0.343 e. The third-order valence-electron chi connectivity index (χ3n) is 5.69. The van der Waals surface area contributed by atoms with Gasteiger partial charge in [0.2, 0.25) is 5.88 Å². The quantitative estimate of drug-likeness (QED) is 0.352. The summed E-state index contributed by atoms with van der Waals surface area (Å²) in [6.07, 6.45) is 0.859. The molecule has 36 heavy (non-hydrogen) atoms. The van der Waals surface area contributed by atoms with E-state index in [4.69, 9.17) is 29.4 Å². The summed E-state index contributed by atoms with van der Waals surface area (Å²) >= 11 is 0. The Morgan fingerprint density at radius 1 is 1.00 bits per heavy atom. The van der Waals surface area contributed by atoms with Gasteiger partial charge in [-0.2, -0.15) is 5.26 Å². The Kier molecular flexibility index (Phi) is 7.31. The van der Waals surface area contributed by atoms with Gasteiger partial charge in [-0.1, -0.05) is 19.1 Å². The van der Waals surface area contributed by atoms with E-state index >= 15 is 0 Å². The predicted octanol–water partition coefficient (Wildman–Crippen LogP) is 4.93. The van der Waals surface area contributed by atoms with E-state index in [2.05, 4.69) is 6.07 Å². The summed E-state index contributed by atoms with van der Waals surface area (Å²) in [5.41, 5.74) is 8.08. The largest absolute Gasteiger partial charge is 0.497 e. The summed E-state index contributed by atoms with van der Waals surface area (Å²) in [4.78, 5) is 12.8. The lowest BCUT2D eigenvalue weighted by Crippen LogP contribution is -2.21. The second-order valence-electron chi connectivity index (χ2n) is 8.00. The maximum atomic E-state index is 12.8. The summed E-state index contributed by atoms with van der Waals surface area (Å²) in [6, 6.07) is 19.3. The number of nitriles is 1. The van der Waals surface area contributed by atoms with Gasteiger partial charge in [0, 0.05) is 17.2 Å². The number of hydrogen-bond donors (Lipinski definition) is 1. The predicted molar refractivity (Wildman–Crippen MR) is 132 cm³/mol. The number of benzene rings is 3. The molecular formula is C28H26N2O6. The van der Waals surface area contributed by atoms with E-state index in [1.165, 1.54) is 0 Å². The molecule has 1 aliphatic heterocycles. The monoisotopic (exact) mass is 486 g/mol. The summed E-state index contributed by atoms with van der Waals surface area (Å²) in [7, 11) is 3.11. The van der Waals surface area contributed by atoms with Gasteiger partial charge in [0.05, 0.1) is 32.3 Å². The number of nitrogens with two attached hydrogens (primary N) is 1. The van der Waals surface area contributed by atoms with Gasteiger partial charge in [0.1, 0.15) is 40.4 Å². The van der Waals surface area contributed by atoms with Crippen LogP contribution in [-0.2, 0) is 0 Å². The van der Waals surface area contributed by atoms with Gasteiger partial charge in [0.25, 0.3) is 0 Å². The van der Waals surface area contributed by atoms with Crippen molar-refractivity contribution in [3.05, 3.63) is 88.8 Å². The molecule has 2 N–H and O–H groups in total. The summed E-state index contributed by atoms with van der Waals surface area (Å²) in [5, 5.41) is 9.87. The van der Waals surface area contributed by atoms with Crippen LogP contribution in [0.3, 0.4) is 0 Å². The molecule has 0 fully saturated rings. The molecule has 0 radical (unpaired) electrons. The molecule has 3 aromatic carbocycles. The molecule has 1 atom stereocenters. The third-order valence-corrected chi connectivity index (χ3v) is 5.69. The number of fused-ring (bicyclic) bond motifs is 1. The Morgan fingerprint density at radius 2 is 1.81 bits per heavy atom. The van der Waals surface area contributed by atoms with Gasteiger partial charge < -0.3 is 29.4 Å². The number of rotatable bonds is 8. The van der Waals surface area contributed by atoms with E-state index in [-0.39, 0.29) is 17.2 Å². The SMILES string of the molecule is CCCOc1cccc(C(=O)Oc2ccc3c(c2)OC(N)=C(C#N)C3c2cc(OC)ccc2OC)c1. The summed E-state index contributed by atoms with van der Waals surface area (Å²) < 4.78 is 27.9. The number of hydrogen-bond acceptors (Lipinski definition) is 8. The highest BCUT2D eigenvalue weighted by molar-refractivity contribution is 5.91. The van der Waals surface area contributed by atoms with E-state index in [9.17, 15) is 10.1 Å². The molecule has 0 bridgehead atoms. The van der Waals surface area contributed by atoms with Crippen molar-refractivity contribution < 1.29 is 28.5 Å². The first-order valence-electron chi connectivity index (χ1n) is 11.4. The van der Waals surface area contributed by atoms with Gasteiger partial charge in [-0.05, 0) is 48.9 Å². The van der Waals surface area contributed by atoms with Gasteiger partial charge in [0.15, 0.2) is 0 Å². The number of ether oxygens (including phenoxy) is 5. The Labute approximate surface area is 209 Å². The molecule has 1 heterocycles. The molecule has 0 saturated heterocycles. The van der Waals surface area contributed by atoms with E-state index < -0.39 is 11.9 Å². The van der Waals surface area contributed by atoms with Gasteiger partial charge in [-0.3, -0.25) is 0 Å². The summed E-state index contributed by atoms with van der Waals surface area (Å²) in [6.45, 7) is 2.56. The zero-order valence-corrected chi connectivity index (χ0v) is 20.2. The van der Waals surface area contributed by atoms with Gasteiger partial charge >= 0.3 is 5.97 Å². The molecular weight excluding hydrogens is 460 g/mol. The lowest BCUT2D eigenvalue weighted by atomic mass is 9.83. The van der Waals surface area contributed by atoms with Crippen molar-refractivity contribution in [3.63, 3.8) is 0 Å². The van der Waals surface area contributed by atoms with Crippen molar-refractivity contribution in [1.82, 2.24) is 0 Å². The van der Waals surface area contributed by atoms with Gasteiger partial charge in [-0.15, -0.1) is 0 Å². The molecule has 4 rings (SSSR count). The Bertz CT molecular complexity index is 1360. The molecule has 1 unspecified atom stereocenters. The van der Waals surface area contributed by atoms with Crippen LogP contribution in [0.4, 0.5) is 0 Å². The fourth-order valence-electron chi connectivity index (χ4n) is 3.98. The fourth-order valence-corrected chi connectivity index (χ4v) is 3.98. The van der Waals surface area contributed by atoms with Crippen LogP contribution in [0.25, 0.3) is 0 Å². The minimum absolute atomic E-state index is 0.0378. The first kappa shape index (κ1) is 24.5. The lowest BCUT2D eigenvalue weighted by Gasteiger charge is -2.28. The second kappa shape index (κ2) is 10.7. The molecule has 0 spiro atoms. The molecule has 8 nitrogen and oxygen atoms in total. The lowest BCUT2D eigenvalue weighted by molar-refractivity contribution is 0.0734. The zero-order valence-electron chi connectivity index (χ0n) is 20.2. The van der Waals surface area contributed by atoms with Crippen LogP contribution in [0.1, 0.15) is 40.7 Å². The Hall–Kier alpha value is -4.64. The van der Waals surface area contributed by atoms with E-state index in [1.807, 2.05) is 6.92 Å². The van der Waals surface area contributed by atoms with Crippen molar-refractivity contribution >= 4 is 5.97 Å². The average Bonchev–Trinajstić information content (AvgIpc) is 2.90. The number of carbonyl (C=O) groups is 1. The van der Waals surface area contributed by atoms with Crippen LogP contribution in [0.2, 0.25) is 0 Å². The first-order valence-corrected chi connectivity index (χ1v) is 11.4. The average molecular weight is 487 g/mol. The molecule has 184 valence electrons. The van der Waals surface area contributed by atoms with Crippen LogP contribution in [0, 0.1) is 11.3 Å². The fraction of sp³-hybridized carbons (Fsp3) is 0.214. The minimum atomic E-state index is -0.569. The van der Waals surface area contributed by atoms with Crippen molar-refractivity contribution in [2.45, 2.75) is 19.3 Å². The summed E-state index contributed by atoms with van der Waals surface area (Å²) in [5.74, 6) is 1.25. The van der Waals surface area contributed by atoms with E-state index in [0.717, 1.165) is 6.42 Å². The molecule has 0 amide bonds. The van der Waals surface area contributed by atoms with Crippen molar-refractivity contribution in [3.8, 4) is 34.8 Å². The molecule has 8 heteroatoms. The van der Waals surface area contributed by atoms with Crippen LogP contribution in [-0.4, -0.2) is 26.8 Å². The number of methoxy groups -OCH3 is 2. The highest BCUT2D eigenvalue weighted by Gasteiger charge is 2.33. The highest BCUT2D eigenvalue weighted by atomic mass is 16.5. The van der Waals surface area contributed by atoms with E-state index in [0.29, 0.717) is 46.3 Å². The smallest absolute Gasteiger partial charge is 0.343 e.